The van der Waals surface area contributed by atoms with E-state index in [9.17, 15) is 4.79 Å². The van der Waals surface area contributed by atoms with Crippen LogP contribution in [0.5, 0.6) is 5.75 Å². The van der Waals surface area contributed by atoms with Crippen molar-refractivity contribution in [2.24, 2.45) is 5.92 Å². The quantitative estimate of drug-likeness (QED) is 0.453. The average Bonchev–Trinajstić information content (AvgIpc) is 2.93. The number of unbranched alkanes of at least 4 members (excludes halogenated alkanes) is 1. The summed E-state index contributed by atoms with van der Waals surface area (Å²) in [4.78, 5) is 14.4. The Morgan fingerprint density at radius 3 is 2.83 bits per heavy atom. The normalized spacial score (nSPS) is 17.9. The summed E-state index contributed by atoms with van der Waals surface area (Å²) in [6.07, 6.45) is 12.3. The molecule has 1 aliphatic heterocycles. The molecule has 0 amide bonds. The van der Waals surface area contributed by atoms with Crippen molar-refractivity contribution in [3.05, 3.63) is 41.1 Å². The summed E-state index contributed by atoms with van der Waals surface area (Å²) in [6.45, 7) is 7.37. The monoisotopic (exact) mass is 451 g/mol. The van der Waals surface area contributed by atoms with Crippen LogP contribution < -0.4 is 9.64 Å². The second kappa shape index (κ2) is 13.0. The van der Waals surface area contributed by atoms with E-state index in [1.165, 1.54) is 25.0 Å². The Balaban J connectivity index is 0.00000155. The number of allylic oxidation sites excluding steroid dienone is 4. The van der Waals surface area contributed by atoms with Crippen LogP contribution in [0.25, 0.3) is 0 Å². The van der Waals surface area contributed by atoms with E-state index in [-0.39, 0.29) is 13.0 Å². The molecule has 1 aliphatic carbocycles. The standard InChI is InChI=1S/C22H28ClNO3S.C2H6/c1-2-3-7-16-14-24(17-8-5-4-6-9-17)19-12-18(23)20(13-21(19)28-15-16)27-11-10-22(25)26;1-2/h4-5,8,12-13,16H,2-3,6-7,9-11,14-15H2,1H3,(H,25,26);1-2H3/t16-;/m0./s1. The van der Waals surface area contributed by atoms with Gasteiger partial charge < -0.3 is 14.7 Å². The highest BCUT2D eigenvalue weighted by atomic mass is 35.5. The molecule has 0 radical (unpaired) electrons. The van der Waals surface area contributed by atoms with Crippen molar-refractivity contribution in [1.29, 1.82) is 0 Å². The molecule has 1 aromatic carbocycles. The lowest BCUT2D eigenvalue weighted by Gasteiger charge is -2.31. The minimum Gasteiger partial charge on any atom is -0.491 e. The highest BCUT2D eigenvalue weighted by Gasteiger charge is 2.26. The largest absolute Gasteiger partial charge is 0.491 e. The number of fused-ring (bicyclic) bond motifs is 1. The summed E-state index contributed by atoms with van der Waals surface area (Å²) < 4.78 is 5.66. The number of hydrogen-bond acceptors (Lipinski definition) is 4. The Hall–Kier alpha value is -1.59. The van der Waals surface area contributed by atoms with E-state index in [2.05, 4.69) is 30.1 Å². The zero-order valence-corrected chi connectivity index (χ0v) is 19.9. The van der Waals surface area contributed by atoms with Crippen molar-refractivity contribution >= 4 is 35.0 Å². The van der Waals surface area contributed by atoms with Crippen LogP contribution in [0, 0.1) is 5.92 Å². The van der Waals surface area contributed by atoms with E-state index in [4.69, 9.17) is 21.4 Å². The van der Waals surface area contributed by atoms with Crippen LogP contribution >= 0.6 is 23.4 Å². The molecule has 4 nitrogen and oxygen atoms in total. The molecule has 166 valence electrons. The average molecular weight is 452 g/mol. The molecular formula is C24H34ClNO3S. The topological polar surface area (TPSA) is 49.8 Å². The molecule has 30 heavy (non-hydrogen) atoms. The fraction of sp³-hybridized carbons (Fsp3) is 0.542. The number of thioether (sulfide) groups is 1. The maximum absolute atomic E-state index is 10.8. The van der Waals surface area contributed by atoms with Crippen LogP contribution in [-0.4, -0.2) is 30.0 Å². The van der Waals surface area contributed by atoms with Gasteiger partial charge in [-0.1, -0.05) is 57.4 Å². The van der Waals surface area contributed by atoms with Gasteiger partial charge in [0.15, 0.2) is 0 Å². The molecule has 0 saturated carbocycles. The molecule has 0 saturated heterocycles. The Bertz CT molecular complexity index is 763. The Morgan fingerprint density at radius 1 is 1.37 bits per heavy atom. The second-order valence-electron chi connectivity index (χ2n) is 7.30. The molecule has 1 aromatic rings. The number of nitrogens with zero attached hydrogens (tertiary/aromatic N) is 1. The van der Waals surface area contributed by atoms with Crippen LogP contribution in [0.3, 0.4) is 0 Å². The SMILES string of the molecule is CC.CCCC[C@@H]1CSc2cc(OCCC(=O)O)c(Cl)cc2N(C2=CC=CCC2)C1. The van der Waals surface area contributed by atoms with Gasteiger partial charge in [-0.05, 0) is 43.4 Å². The van der Waals surface area contributed by atoms with Gasteiger partial charge in [0.2, 0.25) is 0 Å². The molecule has 0 bridgehead atoms. The van der Waals surface area contributed by atoms with Gasteiger partial charge in [0.25, 0.3) is 0 Å². The number of rotatable bonds is 8. The molecule has 0 unspecified atom stereocenters. The summed E-state index contributed by atoms with van der Waals surface area (Å²) in [5, 5.41) is 9.37. The van der Waals surface area contributed by atoms with E-state index < -0.39 is 5.97 Å². The molecule has 0 fully saturated rings. The highest BCUT2D eigenvalue weighted by molar-refractivity contribution is 7.99. The Morgan fingerprint density at radius 2 is 2.17 bits per heavy atom. The lowest BCUT2D eigenvalue weighted by Crippen LogP contribution is -2.29. The van der Waals surface area contributed by atoms with Gasteiger partial charge in [0.1, 0.15) is 5.75 Å². The van der Waals surface area contributed by atoms with E-state index >= 15 is 0 Å². The molecule has 0 aromatic heterocycles. The highest BCUT2D eigenvalue weighted by Crippen LogP contribution is 2.44. The summed E-state index contributed by atoms with van der Waals surface area (Å²) in [5.74, 6) is 1.39. The van der Waals surface area contributed by atoms with Crippen LogP contribution in [0.2, 0.25) is 5.02 Å². The third kappa shape index (κ3) is 6.98. The van der Waals surface area contributed by atoms with Crippen molar-refractivity contribution in [3.8, 4) is 5.75 Å². The van der Waals surface area contributed by atoms with Gasteiger partial charge >= 0.3 is 5.97 Å². The molecule has 1 heterocycles. The van der Waals surface area contributed by atoms with Crippen LogP contribution in [0.1, 0.15) is 59.3 Å². The number of carboxylic acids is 1. The van der Waals surface area contributed by atoms with E-state index in [0.717, 1.165) is 35.7 Å². The van der Waals surface area contributed by atoms with Gasteiger partial charge in [0.05, 0.1) is 23.7 Å². The lowest BCUT2D eigenvalue weighted by atomic mass is 10.0. The number of benzene rings is 1. The van der Waals surface area contributed by atoms with Crippen molar-refractivity contribution in [2.75, 3.05) is 23.8 Å². The van der Waals surface area contributed by atoms with E-state index in [1.54, 1.807) is 0 Å². The Labute approximate surface area is 190 Å². The fourth-order valence-electron chi connectivity index (χ4n) is 3.58. The minimum absolute atomic E-state index is 0.0367. The first kappa shape index (κ1) is 24.7. The predicted molar refractivity (Wildman–Crippen MR) is 128 cm³/mol. The van der Waals surface area contributed by atoms with Gasteiger partial charge in [-0.3, -0.25) is 4.79 Å². The maximum Gasteiger partial charge on any atom is 0.306 e. The summed E-state index contributed by atoms with van der Waals surface area (Å²) in [7, 11) is 0. The number of carbonyl (C=O) groups is 1. The van der Waals surface area contributed by atoms with Gasteiger partial charge in [0, 0.05) is 22.9 Å². The smallest absolute Gasteiger partial charge is 0.306 e. The number of carboxylic acid groups (broad SMARTS) is 1. The first-order chi connectivity index (χ1) is 14.6. The molecular weight excluding hydrogens is 418 g/mol. The summed E-state index contributed by atoms with van der Waals surface area (Å²) in [5.41, 5.74) is 2.48. The maximum atomic E-state index is 10.8. The van der Waals surface area contributed by atoms with Crippen molar-refractivity contribution in [3.63, 3.8) is 0 Å². The third-order valence-electron chi connectivity index (χ3n) is 5.10. The predicted octanol–water partition coefficient (Wildman–Crippen LogP) is 7.17. The zero-order valence-electron chi connectivity index (χ0n) is 18.3. The first-order valence-electron chi connectivity index (χ1n) is 11.0. The van der Waals surface area contributed by atoms with Crippen LogP contribution in [0.15, 0.2) is 41.0 Å². The van der Waals surface area contributed by atoms with Crippen molar-refractivity contribution < 1.29 is 14.6 Å². The number of hydrogen-bond donors (Lipinski definition) is 1. The van der Waals surface area contributed by atoms with Crippen molar-refractivity contribution in [2.45, 2.75) is 64.2 Å². The summed E-state index contributed by atoms with van der Waals surface area (Å²) >= 11 is 8.37. The lowest BCUT2D eigenvalue weighted by molar-refractivity contribution is -0.137. The third-order valence-corrected chi connectivity index (χ3v) is 6.67. The van der Waals surface area contributed by atoms with E-state index in [0.29, 0.717) is 16.7 Å². The van der Waals surface area contributed by atoms with Crippen molar-refractivity contribution in [1.82, 2.24) is 0 Å². The van der Waals surface area contributed by atoms with Gasteiger partial charge in [-0.25, -0.2) is 0 Å². The molecule has 0 spiro atoms. The molecule has 1 N–H and O–H groups in total. The van der Waals surface area contributed by atoms with E-state index in [1.807, 2.05) is 37.7 Å². The summed E-state index contributed by atoms with van der Waals surface area (Å²) in [6, 6.07) is 3.97. The molecule has 2 aliphatic rings. The zero-order chi connectivity index (χ0) is 21.9. The minimum atomic E-state index is -0.873. The Kier molecular flexibility index (Phi) is 10.7. The second-order valence-corrected chi connectivity index (χ2v) is 8.77. The molecule has 3 rings (SSSR count). The van der Waals surface area contributed by atoms with Gasteiger partial charge in [-0.15, -0.1) is 11.8 Å². The van der Waals surface area contributed by atoms with Crippen LogP contribution in [0.4, 0.5) is 5.69 Å². The molecule has 6 heteroatoms. The van der Waals surface area contributed by atoms with Crippen LogP contribution in [-0.2, 0) is 4.79 Å². The number of ether oxygens (including phenoxy) is 1. The number of halogens is 1. The number of aliphatic carboxylic acids is 1. The number of anilines is 1. The first-order valence-corrected chi connectivity index (χ1v) is 12.4. The van der Waals surface area contributed by atoms with Gasteiger partial charge in [-0.2, -0.15) is 0 Å². The molecule has 1 atom stereocenters. The fourth-order valence-corrected chi connectivity index (χ4v) is 4.99.